The normalized spacial score (nSPS) is 22.6. The fraction of sp³-hybridized carbons (Fsp3) is 0.571. The molecule has 0 heterocycles. The number of rotatable bonds is 5. The number of nitro groups is 1. The lowest BCUT2D eigenvalue weighted by molar-refractivity contribution is -0.384. The second-order valence-corrected chi connectivity index (χ2v) is 5.75. The maximum atomic E-state index is 10.8. The lowest BCUT2D eigenvalue weighted by atomic mass is 9.98. The number of hydrogen-bond donors (Lipinski definition) is 1. The quantitative estimate of drug-likeness (QED) is 0.660. The fourth-order valence-corrected chi connectivity index (χ4v) is 2.92. The Morgan fingerprint density at radius 3 is 2.89 bits per heavy atom. The summed E-state index contributed by atoms with van der Waals surface area (Å²) in [5.41, 5.74) is 0.886. The van der Waals surface area contributed by atoms with Crippen LogP contribution >= 0.6 is 11.6 Å². The van der Waals surface area contributed by atoms with Gasteiger partial charge in [0.05, 0.1) is 4.92 Å². The van der Waals surface area contributed by atoms with Crippen LogP contribution in [0.15, 0.2) is 18.2 Å². The maximum absolute atomic E-state index is 10.8. The first kappa shape index (κ1) is 14.3. The highest BCUT2D eigenvalue weighted by atomic mass is 35.5. The van der Waals surface area contributed by atoms with Gasteiger partial charge in [0.25, 0.3) is 5.69 Å². The molecule has 0 aliphatic heterocycles. The summed E-state index contributed by atoms with van der Waals surface area (Å²) in [6.45, 7) is 3.94. The molecule has 1 aromatic rings. The van der Waals surface area contributed by atoms with Crippen molar-refractivity contribution in [2.24, 2.45) is 11.8 Å². The zero-order valence-corrected chi connectivity index (χ0v) is 11.8. The number of halogens is 1. The van der Waals surface area contributed by atoms with Crippen molar-refractivity contribution < 1.29 is 4.92 Å². The Labute approximate surface area is 118 Å². The monoisotopic (exact) mass is 282 g/mol. The van der Waals surface area contributed by atoms with E-state index < -0.39 is 4.92 Å². The van der Waals surface area contributed by atoms with Crippen molar-refractivity contribution in [2.45, 2.75) is 32.7 Å². The third kappa shape index (κ3) is 3.67. The van der Waals surface area contributed by atoms with E-state index in [1.54, 1.807) is 12.1 Å². The summed E-state index contributed by atoms with van der Waals surface area (Å²) in [5, 5.41) is 14.4. The van der Waals surface area contributed by atoms with E-state index in [1.165, 1.54) is 19.3 Å². The smallest absolute Gasteiger partial charge is 0.288 e. The molecule has 2 atom stereocenters. The van der Waals surface area contributed by atoms with Crippen LogP contribution in [-0.4, -0.2) is 11.5 Å². The zero-order chi connectivity index (χ0) is 13.8. The first-order valence-electron chi connectivity index (χ1n) is 6.71. The van der Waals surface area contributed by atoms with Gasteiger partial charge in [-0.2, -0.15) is 0 Å². The van der Waals surface area contributed by atoms with E-state index in [0.29, 0.717) is 6.54 Å². The van der Waals surface area contributed by atoms with Crippen molar-refractivity contribution in [3.8, 4) is 0 Å². The van der Waals surface area contributed by atoms with Crippen LogP contribution in [0.3, 0.4) is 0 Å². The van der Waals surface area contributed by atoms with E-state index in [1.807, 2.05) is 6.07 Å². The van der Waals surface area contributed by atoms with Crippen molar-refractivity contribution in [3.63, 3.8) is 0 Å². The van der Waals surface area contributed by atoms with Gasteiger partial charge in [0.2, 0.25) is 0 Å². The Balaban J connectivity index is 1.89. The Morgan fingerprint density at radius 1 is 1.47 bits per heavy atom. The summed E-state index contributed by atoms with van der Waals surface area (Å²) in [6.07, 6.45) is 3.92. The topological polar surface area (TPSA) is 55.2 Å². The molecule has 0 bridgehead atoms. The molecule has 1 saturated carbocycles. The van der Waals surface area contributed by atoms with Gasteiger partial charge in [-0.25, -0.2) is 0 Å². The van der Waals surface area contributed by atoms with Gasteiger partial charge in [-0.15, -0.1) is 0 Å². The molecule has 0 saturated heterocycles. The Bertz CT molecular complexity index is 465. The summed E-state index contributed by atoms with van der Waals surface area (Å²) in [5.74, 6) is 1.52. The molecule has 1 aromatic carbocycles. The predicted molar refractivity (Wildman–Crippen MR) is 76.3 cm³/mol. The van der Waals surface area contributed by atoms with Gasteiger partial charge >= 0.3 is 0 Å². The Morgan fingerprint density at radius 2 is 2.26 bits per heavy atom. The first-order chi connectivity index (χ1) is 9.08. The molecule has 4 nitrogen and oxygen atoms in total. The molecule has 2 unspecified atom stereocenters. The molecule has 1 aliphatic rings. The van der Waals surface area contributed by atoms with Crippen molar-refractivity contribution in [3.05, 3.63) is 38.9 Å². The van der Waals surface area contributed by atoms with Crippen LogP contribution in [0.5, 0.6) is 0 Å². The SMILES string of the molecule is CC1CCCC1CNCc1ccc(Cl)c([N+](=O)[O-])c1. The molecule has 1 aliphatic carbocycles. The minimum absolute atomic E-state index is 0.0183. The molecule has 2 rings (SSSR count). The van der Waals surface area contributed by atoms with Gasteiger partial charge in [0, 0.05) is 12.6 Å². The molecule has 5 heteroatoms. The number of benzene rings is 1. The lowest BCUT2D eigenvalue weighted by Gasteiger charge is -2.15. The molecule has 0 spiro atoms. The van der Waals surface area contributed by atoms with Gasteiger partial charge in [-0.3, -0.25) is 10.1 Å². The van der Waals surface area contributed by atoms with Gasteiger partial charge in [0.15, 0.2) is 0 Å². The summed E-state index contributed by atoms with van der Waals surface area (Å²) in [7, 11) is 0. The zero-order valence-electron chi connectivity index (χ0n) is 11.1. The van der Waals surface area contributed by atoms with Crippen LogP contribution < -0.4 is 5.32 Å². The highest BCUT2D eigenvalue weighted by molar-refractivity contribution is 6.32. The van der Waals surface area contributed by atoms with E-state index in [2.05, 4.69) is 12.2 Å². The Kier molecular flexibility index (Phi) is 4.77. The summed E-state index contributed by atoms with van der Waals surface area (Å²) >= 11 is 5.79. The highest BCUT2D eigenvalue weighted by Gasteiger charge is 2.22. The van der Waals surface area contributed by atoms with E-state index in [0.717, 1.165) is 23.9 Å². The van der Waals surface area contributed by atoms with E-state index in [-0.39, 0.29) is 10.7 Å². The predicted octanol–water partition coefficient (Wildman–Crippen LogP) is 3.77. The molecule has 104 valence electrons. The van der Waals surface area contributed by atoms with Gasteiger partial charge in [0.1, 0.15) is 5.02 Å². The summed E-state index contributed by atoms with van der Waals surface area (Å²) in [6, 6.07) is 4.97. The largest absolute Gasteiger partial charge is 0.312 e. The van der Waals surface area contributed by atoms with E-state index in [4.69, 9.17) is 11.6 Å². The van der Waals surface area contributed by atoms with Gasteiger partial charge < -0.3 is 5.32 Å². The fourth-order valence-electron chi connectivity index (χ4n) is 2.74. The molecular formula is C14H19ClN2O2. The average Bonchev–Trinajstić information content (AvgIpc) is 2.77. The molecule has 1 N–H and O–H groups in total. The third-order valence-corrected chi connectivity index (χ3v) is 4.30. The molecule has 1 fully saturated rings. The van der Waals surface area contributed by atoms with E-state index in [9.17, 15) is 10.1 Å². The molecule has 19 heavy (non-hydrogen) atoms. The minimum Gasteiger partial charge on any atom is -0.312 e. The lowest BCUT2D eigenvalue weighted by Crippen LogP contribution is -2.23. The van der Waals surface area contributed by atoms with Crippen LogP contribution in [0.4, 0.5) is 5.69 Å². The van der Waals surface area contributed by atoms with Crippen molar-refractivity contribution in [1.29, 1.82) is 0 Å². The van der Waals surface area contributed by atoms with Crippen LogP contribution in [0.25, 0.3) is 0 Å². The summed E-state index contributed by atoms with van der Waals surface area (Å²) < 4.78 is 0. The first-order valence-corrected chi connectivity index (χ1v) is 7.09. The number of hydrogen-bond acceptors (Lipinski definition) is 3. The molecular weight excluding hydrogens is 264 g/mol. The van der Waals surface area contributed by atoms with Gasteiger partial charge in [-0.1, -0.05) is 37.4 Å². The molecule has 0 aromatic heterocycles. The minimum atomic E-state index is -0.440. The number of nitro benzene ring substituents is 1. The molecule has 0 radical (unpaired) electrons. The molecule has 0 amide bonds. The van der Waals surface area contributed by atoms with Crippen LogP contribution in [0.1, 0.15) is 31.7 Å². The summed E-state index contributed by atoms with van der Waals surface area (Å²) in [4.78, 5) is 10.4. The van der Waals surface area contributed by atoms with Gasteiger partial charge in [-0.05, 0) is 36.4 Å². The van der Waals surface area contributed by atoms with Crippen molar-refractivity contribution in [2.75, 3.05) is 6.54 Å². The average molecular weight is 283 g/mol. The number of nitrogens with zero attached hydrogens (tertiary/aromatic N) is 1. The van der Waals surface area contributed by atoms with Crippen molar-refractivity contribution in [1.82, 2.24) is 5.32 Å². The second kappa shape index (κ2) is 6.35. The maximum Gasteiger partial charge on any atom is 0.288 e. The number of nitrogens with one attached hydrogen (secondary N) is 1. The third-order valence-electron chi connectivity index (χ3n) is 3.98. The highest BCUT2D eigenvalue weighted by Crippen LogP contribution is 2.30. The van der Waals surface area contributed by atoms with Crippen molar-refractivity contribution >= 4 is 17.3 Å². The Hall–Kier alpha value is -1.13. The van der Waals surface area contributed by atoms with E-state index >= 15 is 0 Å². The van der Waals surface area contributed by atoms with Crippen LogP contribution in [0.2, 0.25) is 5.02 Å². The second-order valence-electron chi connectivity index (χ2n) is 5.34. The van der Waals surface area contributed by atoms with Crippen LogP contribution in [0, 0.1) is 22.0 Å². The standard InChI is InChI=1S/C14H19ClN2O2/c1-10-3-2-4-12(10)9-16-8-11-5-6-13(15)14(7-11)17(18)19/h5-7,10,12,16H,2-4,8-9H2,1H3. The van der Waals surface area contributed by atoms with Crippen LogP contribution in [-0.2, 0) is 6.54 Å².